The number of aromatic nitrogens is 2. The number of allylic oxidation sites excluding steroid dienone is 2. The van der Waals surface area contributed by atoms with Crippen LogP contribution in [0.15, 0.2) is 16.9 Å². The van der Waals surface area contributed by atoms with E-state index in [9.17, 15) is 8.42 Å². The van der Waals surface area contributed by atoms with Gasteiger partial charge in [-0.25, -0.2) is 9.97 Å². The van der Waals surface area contributed by atoms with Gasteiger partial charge in [-0.1, -0.05) is 18.5 Å². The van der Waals surface area contributed by atoms with Gasteiger partial charge in [-0.3, -0.25) is 0 Å². The number of piperidine rings is 1. The van der Waals surface area contributed by atoms with E-state index in [1.807, 2.05) is 6.92 Å². The molecule has 124 valence electrons. The van der Waals surface area contributed by atoms with Crippen LogP contribution in [0.25, 0.3) is 5.57 Å². The quantitative estimate of drug-likeness (QED) is 0.748. The van der Waals surface area contributed by atoms with Crippen molar-refractivity contribution in [3.63, 3.8) is 0 Å². The molecule has 1 aromatic heterocycles. The lowest BCUT2D eigenvalue weighted by atomic mass is 9.98. The second kappa shape index (κ2) is 6.75. The van der Waals surface area contributed by atoms with Gasteiger partial charge < -0.3 is 4.90 Å². The minimum absolute atomic E-state index is 0.379. The third-order valence-electron chi connectivity index (χ3n) is 4.11. The standard InChI is InChI=1S/C15H18ClN3O2S2/c1-10-3-6-19(7-4-10)15-13(14(16)17-11(2)18-15)12-5-8-22(9-12)23(20)21/h5,8-10H,3-4,6-7H2,1-2H3. The van der Waals surface area contributed by atoms with Gasteiger partial charge in [-0.15, -0.1) is 0 Å². The average Bonchev–Trinajstić information content (AvgIpc) is 2.97. The lowest BCUT2D eigenvalue weighted by Crippen LogP contribution is -2.34. The lowest BCUT2D eigenvalue weighted by Gasteiger charge is -2.32. The first kappa shape index (κ1) is 16.7. The van der Waals surface area contributed by atoms with Crippen LogP contribution in [0.1, 0.15) is 31.2 Å². The van der Waals surface area contributed by atoms with E-state index < -0.39 is 18.7 Å². The van der Waals surface area contributed by atoms with Crippen molar-refractivity contribution in [3.8, 4) is 0 Å². The third kappa shape index (κ3) is 3.51. The zero-order valence-corrected chi connectivity index (χ0v) is 15.4. The average molecular weight is 372 g/mol. The van der Waals surface area contributed by atoms with Crippen molar-refractivity contribution in [2.24, 2.45) is 5.92 Å². The Kier molecular flexibility index (Phi) is 4.89. The number of rotatable bonds is 2. The maximum absolute atomic E-state index is 11.2. The van der Waals surface area contributed by atoms with Crippen molar-refractivity contribution in [3.05, 3.63) is 33.4 Å². The Morgan fingerprint density at radius 3 is 2.61 bits per heavy atom. The normalized spacial score (nSPS) is 21.6. The first-order valence-electron chi connectivity index (χ1n) is 7.47. The number of aryl methyl sites for hydroxylation is 1. The van der Waals surface area contributed by atoms with Crippen LogP contribution in [0.2, 0.25) is 5.15 Å². The Bertz CT molecular complexity index is 831. The van der Waals surface area contributed by atoms with Crippen molar-refractivity contribution < 1.29 is 8.42 Å². The SMILES string of the molecule is Cc1nc(Cl)c(C2=CS(=S(=O)=O)C=C2)c(N2CCC(C)CC2)n1. The third-order valence-corrected chi connectivity index (χ3v) is 7.15. The van der Waals surface area contributed by atoms with Gasteiger partial charge in [-0.05, 0) is 57.6 Å². The molecule has 23 heavy (non-hydrogen) atoms. The molecular weight excluding hydrogens is 354 g/mol. The van der Waals surface area contributed by atoms with E-state index >= 15 is 0 Å². The molecule has 0 spiro atoms. The van der Waals surface area contributed by atoms with E-state index in [1.165, 1.54) is 0 Å². The van der Waals surface area contributed by atoms with Gasteiger partial charge in [0.25, 0.3) is 0 Å². The minimum atomic E-state index is -2.15. The van der Waals surface area contributed by atoms with Gasteiger partial charge in [-0.2, -0.15) is 8.42 Å². The Labute approximate surface area is 144 Å². The minimum Gasteiger partial charge on any atom is -0.356 e. The molecule has 0 aliphatic carbocycles. The van der Waals surface area contributed by atoms with E-state index in [2.05, 4.69) is 21.8 Å². The molecule has 0 saturated carbocycles. The van der Waals surface area contributed by atoms with Gasteiger partial charge in [0.15, 0.2) is 0 Å². The first-order chi connectivity index (χ1) is 11.0. The summed E-state index contributed by atoms with van der Waals surface area (Å²) in [6.07, 6.45) is 4.03. The maximum atomic E-state index is 11.2. The van der Waals surface area contributed by atoms with Gasteiger partial charge in [0.05, 0.1) is 5.56 Å². The van der Waals surface area contributed by atoms with Crippen LogP contribution in [0, 0.1) is 12.8 Å². The number of halogens is 1. The summed E-state index contributed by atoms with van der Waals surface area (Å²) in [5, 5.41) is 3.78. The molecule has 3 heterocycles. The summed E-state index contributed by atoms with van der Waals surface area (Å²) in [7, 11) is -3.05. The molecule has 3 rings (SSSR count). The van der Waals surface area contributed by atoms with E-state index in [-0.39, 0.29) is 0 Å². The highest BCUT2D eigenvalue weighted by molar-refractivity contribution is 8.37. The second-order valence-electron chi connectivity index (χ2n) is 5.84. The smallest absolute Gasteiger partial charge is 0.248 e. The van der Waals surface area contributed by atoms with Crippen molar-refractivity contribution in [2.75, 3.05) is 18.0 Å². The van der Waals surface area contributed by atoms with Gasteiger partial charge in [0.2, 0.25) is 9.26 Å². The highest BCUT2D eigenvalue weighted by Gasteiger charge is 2.24. The monoisotopic (exact) mass is 371 g/mol. The molecule has 1 aromatic rings. The summed E-state index contributed by atoms with van der Waals surface area (Å²) < 4.78 is 22.4. The molecule has 0 bridgehead atoms. The Morgan fingerprint density at radius 1 is 1.30 bits per heavy atom. The van der Waals surface area contributed by atoms with Crippen LogP contribution >= 0.6 is 11.6 Å². The van der Waals surface area contributed by atoms with Gasteiger partial charge in [0, 0.05) is 13.1 Å². The molecule has 8 heteroatoms. The first-order valence-corrected chi connectivity index (χ1v) is 10.8. The van der Waals surface area contributed by atoms with Crippen molar-refractivity contribution >= 4 is 41.7 Å². The van der Waals surface area contributed by atoms with E-state index in [0.29, 0.717) is 16.9 Å². The van der Waals surface area contributed by atoms with Crippen molar-refractivity contribution in [2.45, 2.75) is 26.7 Å². The molecule has 0 amide bonds. The summed E-state index contributed by atoms with van der Waals surface area (Å²) in [4.78, 5) is 11.1. The predicted molar refractivity (Wildman–Crippen MR) is 95.8 cm³/mol. The molecule has 2 aliphatic rings. The van der Waals surface area contributed by atoms with Crippen molar-refractivity contribution in [1.29, 1.82) is 0 Å². The number of anilines is 1. The summed E-state index contributed by atoms with van der Waals surface area (Å²) in [5.74, 6) is 2.15. The highest BCUT2D eigenvalue weighted by atomic mass is 35.5. The summed E-state index contributed by atoms with van der Waals surface area (Å²) in [6, 6.07) is 0. The lowest BCUT2D eigenvalue weighted by molar-refractivity contribution is 0.436. The Hall–Kier alpha value is -1.18. The molecule has 1 unspecified atom stereocenters. The molecule has 5 nitrogen and oxygen atoms in total. The molecular formula is C15H18ClN3O2S2. The fraction of sp³-hybridized carbons (Fsp3) is 0.467. The van der Waals surface area contributed by atoms with Crippen molar-refractivity contribution in [1.82, 2.24) is 9.97 Å². The Morgan fingerprint density at radius 2 is 2.00 bits per heavy atom. The molecule has 1 fully saturated rings. The van der Waals surface area contributed by atoms with Crippen LogP contribution in [-0.4, -0.2) is 31.5 Å². The van der Waals surface area contributed by atoms with E-state index in [1.54, 1.807) is 16.9 Å². The van der Waals surface area contributed by atoms with Crippen LogP contribution in [-0.2, 0) is 18.7 Å². The highest BCUT2D eigenvalue weighted by Crippen LogP contribution is 2.36. The maximum Gasteiger partial charge on any atom is 0.248 e. The van der Waals surface area contributed by atoms with Crippen LogP contribution in [0.4, 0.5) is 5.82 Å². The molecule has 0 N–H and O–H groups in total. The Balaban J connectivity index is 2.09. The largest absolute Gasteiger partial charge is 0.356 e. The molecule has 2 aliphatic heterocycles. The van der Waals surface area contributed by atoms with Crippen LogP contribution in [0.5, 0.6) is 0 Å². The van der Waals surface area contributed by atoms with E-state index in [0.717, 1.165) is 42.9 Å². The second-order valence-corrected chi connectivity index (χ2v) is 9.74. The fourth-order valence-electron chi connectivity index (χ4n) is 2.79. The zero-order valence-electron chi connectivity index (χ0n) is 13.0. The fourth-order valence-corrected chi connectivity index (χ4v) is 5.07. The summed E-state index contributed by atoms with van der Waals surface area (Å²) >= 11 is 6.39. The zero-order chi connectivity index (χ0) is 16.6. The number of nitrogens with zero attached hydrogens (tertiary/aromatic N) is 3. The molecule has 1 atom stereocenters. The number of hydrogen-bond donors (Lipinski definition) is 0. The summed E-state index contributed by atoms with van der Waals surface area (Å²) in [5.41, 5.74) is 1.53. The topological polar surface area (TPSA) is 63.2 Å². The molecule has 0 radical (unpaired) electrons. The predicted octanol–water partition coefficient (Wildman–Crippen LogP) is 2.96. The summed E-state index contributed by atoms with van der Waals surface area (Å²) in [6.45, 7) is 5.93. The van der Waals surface area contributed by atoms with Crippen LogP contribution in [0.3, 0.4) is 0 Å². The van der Waals surface area contributed by atoms with Crippen LogP contribution < -0.4 is 4.90 Å². The van der Waals surface area contributed by atoms with Gasteiger partial charge in [0.1, 0.15) is 16.8 Å². The van der Waals surface area contributed by atoms with Gasteiger partial charge >= 0.3 is 0 Å². The molecule has 1 saturated heterocycles. The van der Waals surface area contributed by atoms with E-state index in [4.69, 9.17) is 11.6 Å². The number of hydrogen-bond acceptors (Lipinski definition) is 5. The molecule has 0 aromatic carbocycles.